The minimum absolute atomic E-state index is 0.0829. The van der Waals surface area contributed by atoms with Gasteiger partial charge in [-0.15, -0.1) is 0 Å². The Labute approximate surface area is 173 Å². The molecule has 0 spiro atoms. The van der Waals surface area contributed by atoms with Crippen molar-refractivity contribution in [3.8, 4) is 0 Å². The molecule has 0 fully saturated rings. The van der Waals surface area contributed by atoms with Crippen molar-refractivity contribution in [1.82, 2.24) is 15.0 Å². The lowest BCUT2D eigenvalue weighted by Crippen LogP contribution is -2.16. The fourth-order valence-corrected chi connectivity index (χ4v) is 2.44. The number of carboxylic acids is 1. The summed E-state index contributed by atoms with van der Waals surface area (Å²) >= 11 is 0. The zero-order valence-electron chi connectivity index (χ0n) is 15.6. The maximum Gasteiger partial charge on any atom is 0.322 e. The highest BCUT2D eigenvalue weighted by molar-refractivity contribution is 5.73. The van der Waals surface area contributed by atoms with Crippen molar-refractivity contribution in [3.63, 3.8) is 0 Å². The number of carbonyl (C=O) groups is 1. The molecule has 0 aliphatic carbocycles. The van der Waals surface area contributed by atoms with Gasteiger partial charge in [-0.3, -0.25) is 25.0 Å². The average Bonchev–Trinajstić information content (AvgIpc) is 2.72. The fourth-order valence-electron chi connectivity index (χ4n) is 2.44. The zero-order chi connectivity index (χ0) is 22.4. The Balaban J connectivity index is 1.98. The Hall–Kier alpha value is -4.88. The van der Waals surface area contributed by atoms with Crippen LogP contribution >= 0.6 is 0 Å². The van der Waals surface area contributed by atoms with Crippen LogP contribution in [0.1, 0.15) is 0 Å². The van der Waals surface area contributed by atoms with Crippen LogP contribution < -0.4 is 16.0 Å². The molecular formula is C17H14N8O6. The van der Waals surface area contributed by atoms with Crippen molar-refractivity contribution in [1.29, 1.82) is 0 Å². The number of nitro groups is 2. The van der Waals surface area contributed by atoms with Gasteiger partial charge in [0.15, 0.2) is 0 Å². The van der Waals surface area contributed by atoms with Gasteiger partial charge < -0.3 is 21.1 Å². The smallest absolute Gasteiger partial charge is 0.322 e. The van der Waals surface area contributed by atoms with Gasteiger partial charge in [-0.2, -0.15) is 15.0 Å². The van der Waals surface area contributed by atoms with Gasteiger partial charge in [-0.25, -0.2) is 0 Å². The molecule has 3 aromatic rings. The molecule has 0 aliphatic rings. The Morgan fingerprint density at radius 3 is 1.65 bits per heavy atom. The fraction of sp³-hybridized carbons (Fsp3) is 0.0588. The molecule has 14 heteroatoms. The first-order valence-corrected chi connectivity index (χ1v) is 8.56. The second-order valence-electron chi connectivity index (χ2n) is 5.85. The number of aliphatic carboxylic acids is 1. The van der Waals surface area contributed by atoms with Crippen LogP contribution in [0.15, 0.2) is 48.5 Å². The lowest BCUT2D eigenvalue weighted by molar-refractivity contribution is -0.384. The lowest BCUT2D eigenvalue weighted by Gasteiger charge is -2.11. The number of para-hydroxylation sites is 4. The molecule has 0 bridgehead atoms. The van der Waals surface area contributed by atoms with Crippen LogP contribution in [0.2, 0.25) is 0 Å². The van der Waals surface area contributed by atoms with Crippen molar-refractivity contribution in [2.45, 2.75) is 0 Å². The van der Waals surface area contributed by atoms with E-state index in [4.69, 9.17) is 5.11 Å². The summed E-state index contributed by atoms with van der Waals surface area (Å²) in [7, 11) is 0. The Morgan fingerprint density at radius 1 is 0.806 bits per heavy atom. The molecule has 0 aliphatic heterocycles. The number of hydrogen-bond donors (Lipinski definition) is 4. The topological polar surface area (TPSA) is 198 Å². The van der Waals surface area contributed by atoms with E-state index in [1.807, 2.05) is 0 Å². The van der Waals surface area contributed by atoms with E-state index in [-0.39, 0.29) is 40.6 Å². The molecule has 31 heavy (non-hydrogen) atoms. The number of hydrogen-bond acceptors (Lipinski definition) is 11. The SMILES string of the molecule is O=C(O)CNc1nc(Nc2ccccc2[N+](=O)[O-])nc(Nc2ccccc2[N+](=O)[O-])n1. The highest BCUT2D eigenvalue weighted by Gasteiger charge is 2.17. The first kappa shape index (κ1) is 20.8. The van der Waals surface area contributed by atoms with Crippen LogP contribution in [0.5, 0.6) is 0 Å². The Kier molecular flexibility index (Phi) is 6.10. The Morgan fingerprint density at radius 2 is 1.23 bits per heavy atom. The number of benzene rings is 2. The normalized spacial score (nSPS) is 10.2. The van der Waals surface area contributed by atoms with E-state index in [1.165, 1.54) is 36.4 Å². The summed E-state index contributed by atoms with van der Waals surface area (Å²) < 4.78 is 0. The minimum Gasteiger partial charge on any atom is -0.480 e. The van der Waals surface area contributed by atoms with E-state index < -0.39 is 22.4 Å². The minimum atomic E-state index is -1.18. The number of nitrogens with zero attached hydrogens (tertiary/aromatic N) is 5. The second kappa shape index (κ2) is 9.08. The van der Waals surface area contributed by atoms with E-state index in [0.717, 1.165) is 0 Å². The van der Waals surface area contributed by atoms with Crippen LogP contribution in [0.3, 0.4) is 0 Å². The third kappa shape index (κ3) is 5.35. The summed E-state index contributed by atoms with van der Waals surface area (Å²) in [5.41, 5.74) is -0.314. The van der Waals surface area contributed by atoms with Crippen LogP contribution in [-0.2, 0) is 4.79 Å². The summed E-state index contributed by atoms with van der Waals surface area (Å²) in [6.07, 6.45) is 0. The molecule has 0 amide bonds. The third-order valence-corrected chi connectivity index (χ3v) is 3.73. The Bertz CT molecular complexity index is 1080. The molecule has 0 radical (unpaired) electrons. The number of nitrogens with one attached hydrogen (secondary N) is 3. The zero-order valence-corrected chi connectivity index (χ0v) is 15.6. The third-order valence-electron chi connectivity index (χ3n) is 3.73. The number of anilines is 5. The van der Waals surface area contributed by atoms with E-state index >= 15 is 0 Å². The van der Waals surface area contributed by atoms with Gasteiger partial charge in [0, 0.05) is 12.1 Å². The highest BCUT2D eigenvalue weighted by Crippen LogP contribution is 2.28. The summed E-state index contributed by atoms with van der Waals surface area (Å²) in [5, 5.41) is 39.1. The second-order valence-corrected chi connectivity index (χ2v) is 5.85. The van der Waals surface area contributed by atoms with Crippen molar-refractivity contribution in [2.24, 2.45) is 0 Å². The molecular weight excluding hydrogens is 412 g/mol. The number of nitro benzene ring substituents is 2. The summed E-state index contributed by atoms with van der Waals surface area (Å²) in [4.78, 5) is 44.2. The highest BCUT2D eigenvalue weighted by atomic mass is 16.6. The van der Waals surface area contributed by atoms with E-state index in [0.29, 0.717) is 0 Å². The van der Waals surface area contributed by atoms with Crippen LogP contribution in [0, 0.1) is 20.2 Å². The molecule has 0 atom stereocenters. The van der Waals surface area contributed by atoms with Crippen molar-refractivity contribution in [2.75, 3.05) is 22.5 Å². The van der Waals surface area contributed by atoms with Gasteiger partial charge in [0.05, 0.1) is 9.85 Å². The molecule has 0 saturated heterocycles. The monoisotopic (exact) mass is 426 g/mol. The average molecular weight is 426 g/mol. The molecule has 3 rings (SSSR count). The van der Waals surface area contributed by atoms with Crippen LogP contribution in [0.4, 0.5) is 40.6 Å². The summed E-state index contributed by atoms with van der Waals surface area (Å²) in [5.74, 6) is -1.65. The van der Waals surface area contributed by atoms with Gasteiger partial charge in [0.25, 0.3) is 11.4 Å². The number of aromatic nitrogens is 3. The molecule has 4 N–H and O–H groups in total. The van der Waals surface area contributed by atoms with E-state index in [1.54, 1.807) is 12.1 Å². The molecule has 1 aromatic heterocycles. The molecule has 0 unspecified atom stereocenters. The van der Waals surface area contributed by atoms with Gasteiger partial charge in [-0.05, 0) is 12.1 Å². The quantitative estimate of drug-likeness (QED) is 0.288. The van der Waals surface area contributed by atoms with Gasteiger partial charge in [0.1, 0.15) is 17.9 Å². The van der Waals surface area contributed by atoms with Gasteiger partial charge in [0.2, 0.25) is 17.8 Å². The van der Waals surface area contributed by atoms with Crippen molar-refractivity contribution in [3.05, 3.63) is 68.8 Å². The number of carboxylic acid groups (broad SMARTS) is 1. The largest absolute Gasteiger partial charge is 0.480 e. The predicted molar refractivity (Wildman–Crippen MR) is 109 cm³/mol. The van der Waals surface area contributed by atoms with E-state index in [9.17, 15) is 25.0 Å². The summed E-state index contributed by atoms with van der Waals surface area (Å²) in [6, 6.07) is 11.5. The maximum absolute atomic E-state index is 11.2. The van der Waals surface area contributed by atoms with Gasteiger partial charge >= 0.3 is 5.97 Å². The predicted octanol–water partition coefficient (Wildman–Crippen LogP) is 2.67. The van der Waals surface area contributed by atoms with E-state index in [2.05, 4.69) is 30.9 Å². The standard InChI is InChI=1S/C17H14N8O6/c26-14(27)9-18-15-21-16(19-10-5-1-3-7-12(10)24(28)29)23-17(22-15)20-11-6-2-4-8-13(11)25(30)31/h1-8H,9H2,(H,26,27)(H3,18,19,20,21,22,23). The lowest BCUT2D eigenvalue weighted by atomic mass is 10.2. The van der Waals surface area contributed by atoms with Crippen molar-refractivity contribution < 1.29 is 19.7 Å². The molecule has 2 aromatic carbocycles. The molecule has 14 nitrogen and oxygen atoms in total. The molecule has 158 valence electrons. The van der Waals surface area contributed by atoms with Crippen LogP contribution in [-0.4, -0.2) is 42.4 Å². The van der Waals surface area contributed by atoms with Gasteiger partial charge in [-0.1, -0.05) is 24.3 Å². The maximum atomic E-state index is 11.2. The molecule has 0 saturated carbocycles. The molecule has 1 heterocycles. The summed E-state index contributed by atoms with van der Waals surface area (Å²) in [6.45, 7) is -0.514. The first-order chi connectivity index (χ1) is 14.8. The first-order valence-electron chi connectivity index (χ1n) is 8.56. The number of rotatable bonds is 9. The van der Waals surface area contributed by atoms with Crippen molar-refractivity contribution >= 4 is 46.6 Å². The van der Waals surface area contributed by atoms with Crippen LogP contribution in [0.25, 0.3) is 0 Å².